The maximum absolute atomic E-state index is 9.34. The van der Waals surface area contributed by atoms with Crippen LogP contribution >= 0.6 is 0 Å². The van der Waals surface area contributed by atoms with E-state index < -0.39 is 6.10 Å². The molecule has 0 aliphatic rings. The zero-order chi connectivity index (χ0) is 11.4. The first kappa shape index (κ1) is 12.0. The molecule has 0 amide bonds. The summed E-state index contributed by atoms with van der Waals surface area (Å²) in [7, 11) is 1.91. The molecule has 1 atom stereocenters. The minimum Gasteiger partial charge on any atom is -0.394 e. The topological polar surface area (TPSA) is 43.7 Å². The van der Waals surface area contributed by atoms with Crippen molar-refractivity contribution in [1.82, 2.24) is 0 Å². The number of likely N-dealkylation sites (N-methyl/N-ethyl adjacent to an activating group) is 1. The second kappa shape index (κ2) is 5.14. The third-order valence-corrected chi connectivity index (χ3v) is 2.34. The van der Waals surface area contributed by atoms with Crippen LogP contribution in [0.1, 0.15) is 11.1 Å². The highest BCUT2D eigenvalue weighted by atomic mass is 16.3. The molecule has 3 heteroatoms. The van der Waals surface area contributed by atoms with E-state index >= 15 is 0 Å². The number of benzene rings is 1. The van der Waals surface area contributed by atoms with E-state index in [9.17, 15) is 5.11 Å². The summed E-state index contributed by atoms with van der Waals surface area (Å²) in [5, 5.41) is 18.1. The van der Waals surface area contributed by atoms with Gasteiger partial charge in [-0.1, -0.05) is 6.07 Å². The highest BCUT2D eigenvalue weighted by Crippen LogP contribution is 2.17. The molecule has 0 saturated heterocycles. The summed E-state index contributed by atoms with van der Waals surface area (Å²) in [6.45, 7) is 4.34. The fourth-order valence-electron chi connectivity index (χ4n) is 1.65. The normalized spacial score (nSPS) is 12.6. The Morgan fingerprint density at radius 3 is 2.20 bits per heavy atom. The maximum atomic E-state index is 9.34. The molecule has 0 saturated carbocycles. The Morgan fingerprint density at radius 2 is 1.73 bits per heavy atom. The first-order valence-corrected chi connectivity index (χ1v) is 5.11. The predicted molar refractivity (Wildman–Crippen MR) is 62.3 cm³/mol. The first-order chi connectivity index (χ1) is 7.02. The summed E-state index contributed by atoms with van der Waals surface area (Å²) in [5.74, 6) is 0. The van der Waals surface area contributed by atoms with Crippen LogP contribution in [0.4, 0.5) is 5.69 Å². The zero-order valence-corrected chi connectivity index (χ0v) is 9.57. The van der Waals surface area contributed by atoms with E-state index in [0.29, 0.717) is 6.54 Å². The van der Waals surface area contributed by atoms with Gasteiger partial charge in [-0.15, -0.1) is 0 Å². The lowest BCUT2D eigenvalue weighted by Crippen LogP contribution is -2.31. The molecule has 1 aromatic rings. The summed E-state index contributed by atoms with van der Waals surface area (Å²) in [5.41, 5.74) is 3.48. The van der Waals surface area contributed by atoms with Crippen LogP contribution in [-0.2, 0) is 0 Å². The summed E-state index contributed by atoms with van der Waals surface area (Å²) in [6.07, 6.45) is -0.684. The SMILES string of the molecule is Cc1cc(C)cc(N(C)CC(O)CO)c1. The molecule has 0 heterocycles. The van der Waals surface area contributed by atoms with Crippen molar-refractivity contribution >= 4 is 5.69 Å². The third-order valence-electron chi connectivity index (χ3n) is 2.34. The molecule has 3 nitrogen and oxygen atoms in total. The Kier molecular flexibility index (Phi) is 4.12. The fraction of sp³-hybridized carbons (Fsp3) is 0.500. The second-order valence-corrected chi connectivity index (χ2v) is 4.06. The van der Waals surface area contributed by atoms with Gasteiger partial charge in [0.15, 0.2) is 0 Å². The molecule has 0 radical (unpaired) electrons. The van der Waals surface area contributed by atoms with Crippen molar-refractivity contribution in [1.29, 1.82) is 0 Å². The van der Waals surface area contributed by atoms with Gasteiger partial charge in [0.2, 0.25) is 0 Å². The second-order valence-electron chi connectivity index (χ2n) is 4.06. The molecule has 15 heavy (non-hydrogen) atoms. The van der Waals surface area contributed by atoms with Crippen molar-refractivity contribution in [2.24, 2.45) is 0 Å². The van der Waals surface area contributed by atoms with E-state index in [1.165, 1.54) is 11.1 Å². The lowest BCUT2D eigenvalue weighted by molar-refractivity contribution is 0.101. The average molecular weight is 209 g/mol. The van der Waals surface area contributed by atoms with E-state index in [2.05, 4.69) is 18.2 Å². The smallest absolute Gasteiger partial charge is 0.0945 e. The summed E-state index contributed by atoms with van der Waals surface area (Å²) in [4.78, 5) is 1.95. The third kappa shape index (κ3) is 3.53. The van der Waals surface area contributed by atoms with Crippen molar-refractivity contribution < 1.29 is 10.2 Å². The van der Waals surface area contributed by atoms with Crippen LogP contribution in [0.25, 0.3) is 0 Å². The fourth-order valence-corrected chi connectivity index (χ4v) is 1.65. The number of rotatable bonds is 4. The van der Waals surface area contributed by atoms with Crippen LogP contribution in [0.2, 0.25) is 0 Å². The number of aliphatic hydroxyl groups is 2. The zero-order valence-electron chi connectivity index (χ0n) is 9.57. The van der Waals surface area contributed by atoms with Crippen LogP contribution < -0.4 is 4.90 Å². The lowest BCUT2D eigenvalue weighted by atomic mass is 10.1. The van der Waals surface area contributed by atoms with Crippen LogP contribution in [0.15, 0.2) is 18.2 Å². The van der Waals surface area contributed by atoms with Gasteiger partial charge in [0.05, 0.1) is 12.7 Å². The molecule has 2 N–H and O–H groups in total. The van der Waals surface area contributed by atoms with E-state index in [1.807, 2.05) is 25.8 Å². The first-order valence-electron chi connectivity index (χ1n) is 5.11. The Bertz CT molecular complexity index is 305. The highest BCUT2D eigenvalue weighted by molar-refractivity contribution is 5.50. The van der Waals surface area contributed by atoms with Crippen LogP contribution in [0, 0.1) is 13.8 Å². The highest BCUT2D eigenvalue weighted by Gasteiger charge is 2.08. The van der Waals surface area contributed by atoms with Crippen LogP contribution in [-0.4, -0.2) is 36.5 Å². The Labute approximate surface area is 91.0 Å². The maximum Gasteiger partial charge on any atom is 0.0945 e. The van der Waals surface area contributed by atoms with Crippen molar-refractivity contribution in [3.63, 3.8) is 0 Å². The number of hydrogen-bond acceptors (Lipinski definition) is 3. The van der Waals surface area contributed by atoms with Crippen molar-refractivity contribution in [2.45, 2.75) is 20.0 Å². The molecule has 84 valence electrons. The number of aliphatic hydroxyl groups excluding tert-OH is 2. The van der Waals surface area contributed by atoms with Gasteiger partial charge in [-0.25, -0.2) is 0 Å². The van der Waals surface area contributed by atoms with Crippen LogP contribution in [0.5, 0.6) is 0 Å². The molecule has 1 aromatic carbocycles. The van der Waals surface area contributed by atoms with E-state index in [4.69, 9.17) is 5.11 Å². The van der Waals surface area contributed by atoms with E-state index in [-0.39, 0.29) is 6.61 Å². The van der Waals surface area contributed by atoms with Gasteiger partial charge in [-0.05, 0) is 37.1 Å². The molecular formula is C12H19NO2. The van der Waals surface area contributed by atoms with E-state index in [0.717, 1.165) is 5.69 Å². The monoisotopic (exact) mass is 209 g/mol. The molecule has 0 aliphatic carbocycles. The lowest BCUT2D eigenvalue weighted by Gasteiger charge is -2.22. The Balaban J connectivity index is 2.77. The molecule has 0 fully saturated rings. The van der Waals surface area contributed by atoms with Gasteiger partial charge in [-0.2, -0.15) is 0 Å². The Morgan fingerprint density at radius 1 is 1.20 bits per heavy atom. The standard InChI is InChI=1S/C12H19NO2/c1-9-4-10(2)6-11(5-9)13(3)7-12(15)8-14/h4-6,12,14-15H,7-8H2,1-3H3. The largest absolute Gasteiger partial charge is 0.394 e. The molecular weight excluding hydrogens is 190 g/mol. The number of nitrogens with zero attached hydrogens (tertiary/aromatic N) is 1. The average Bonchev–Trinajstić information content (AvgIpc) is 2.16. The van der Waals surface area contributed by atoms with Gasteiger partial charge in [0.1, 0.15) is 0 Å². The minimum atomic E-state index is -0.684. The van der Waals surface area contributed by atoms with Crippen LogP contribution in [0.3, 0.4) is 0 Å². The van der Waals surface area contributed by atoms with Crippen molar-refractivity contribution in [2.75, 3.05) is 25.1 Å². The number of aryl methyl sites for hydroxylation is 2. The number of anilines is 1. The van der Waals surface area contributed by atoms with Gasteiger partial charge in [-0.3, -0.25) is 0 Å². The quantitative estimate of drug-likeness (QED) is 0.780. The molecule has 1 unspecified atom stereocenters. The molecule has 0 aromatic heterocycles. The summed E-state index contributed by atoms with van der Waals surface area (Å²) < 4.78 is 0. The van der Waals surface area contributed by atoms with Gasteiger partial charge in [0.25, 0.3) is 0 Å². The molecule has 0 bridgehead atoms. The summed E-state index contributed by atoms with van der Waals surface area (Å²) >= 11 is 0. The minimum absolute atomic E-state index is 0.199. The predicted octanol–water partition coefficient (Wildman–Crippen LogP) is 1.09. The molecule has 0 spiro atoms. The van der Waals surface area contributed by atoms with Gasteiger partial charge >= 0.3 is 0 Å². The number of hydrogen-bond donors (Lipinski definition) is 2. The Hall–Kier alpha value is -1.06. The summed E-state index contributed by atoms with van der Waals surface area (Å²) in [6, 6.07) is 6.24. The van der Waals surface area contributed by atoms with E-state index in [1.54, 1.807) is 0 Å². The van der Waals surface area contributed by atoms with Crippen molar-refractivity contribution in [3.05, 3.63) is 29.3 Å². The molecule has 1 rings (SSSR count). The van der Waals surface area contributed by atoms with Crippen molar-refractivity contribution in [3.8, 4) is 0 Å². The molecule has 0 aliphatic heterocycles. The van der Waals surface area contributed by atoms with Gasteiger partial charge in [0, 0.05) is 19.3 Å². The van der Waals surface area contributed by atoms with Gasteiger partial charge < -0.3 is 15.1 Å².